The highest BCUT2D eigenvalue weighted by atomic mass is 32.1. The molecule has 5 aliphatic rings. The van der Waals surface area contributed by atoms with Crippen molar-refractivity contribution in [1.82, 2.24) is 45.4 Å². The fourth-order valence-electron chi connectivity index (χ4n) is 10.8. The van der Waals surface area contributed by atoms with Gasteiger partial charge in [0.05, 0.1) is 40.7 Å². The van der Waals surface area contributed by atoms with Crippen molar-refractivity contribution in [2.24, 2.45) is 23.2 Å². The second-order valence-corrected chi connectivity index (χ2v) is 21.6. The lowest BCUT2D eigenvalue weighted by molar-refractivity contribution is -0.155. The van der Waals surface area contributed by atoms with Crippen LogP contribution in [-0.4, -0.2) is 130 Å². The quantitative estimate of drug-likeness (QED) is 0.131. The molecular formula is C51H67N9O7S. The van der Waals surface area contributed by atoms with Gasteiger partial charge in [-0.05, 0) is 94.0 Å². The summed E-state index contributed by atoms with van der Waals surface area (Å²) in [5, 5.41) is 11.5. The number of hydrazine groups is 1. The fourth-order valence-corrected chi connectivity index (χ4v) is 11.6. The molecular weight excluding hydrogens is 883 g/mol. The van der Waals surface area contributed by atoms with E-state index in [-0.39, 0.29) is 48.9 Å². The summed E-state index contributed by atoms with van der Waals surface area (Å²) in [5.41, 5.74) is 9.31. The van der Waals surface area contributed by atoms with E-state index in [2.05, 4.69) is 65.7 Å². The molecule has 17 heteroatoms. The monoisotopic (exact) mass is 949 g/mol. The normalized spacial score (nSPS) is 24.9. The first kappa shape index (κ1) is 47.8. The van der Waals surface area contributed by atoms with E-state index in [1.54, 1.807) is 25.3 Å². The summed E-state index contributed by atoms with van der Waals surface area (Å²) >= 11 is 1.42. The maximum absolute atomic E-state index is 14.7. The standard InChI is InChI=1S/C51H67N9O7S/c1-9-59-39-17-16-31-22-34(39)35(45(59)33-12-10-19-52-41(33)29(4)66-8)24-51(5,6)27-67-50(65)36-13-11-20-60(56-36)48(63)37(23-40-53-38(31)26-68-40)54-46(61)44(28(2)3)57(7)47(62)32-18-21-58(25-32)49(64)43-42(55-43)30-14-15-30/h10,12,16-17,19,22,26,28-30,32,36-37,42-44,55-56H,9,11,13-15,18,20-21,23-25,27H2,1-8H3,(H,54,61)/t29-,32+,36-,37-,42+,43+,44-/m0/s1. The van der Waals surface area contributed by atoms with Crippen LogP contribution in [0.4, 0.5) is 0 Å². The van der Waals surface area contributed by atoms with Gasteiger partial charge in [0.1, 0.15) is 24.2 Å². The summed E-state index contributed by atoms with van der Waals surface area (Å²) in [6, 6.07) is 7.78. The summed E-state index contributed by atoms with van der Waals surface area (Å²) in [5.74, 6) is -1.62. The minimum atomic E-state index is -1.07. The third kappa shape index (κ3) is 9.55. The van der Waals surface area contributed by atoms with Crippen LogP contribution in [0.3, 0.4) is 0 Å². The average Bonchev–Trinajstić information content (AvgIpc) is 4.21. The lowest BCUT2D eigenvalue weighted by Crippen LogP contribution is -2.62. The Hall–Kier alpha value is -5.23. The molecule has 364 valence electrons. The number of hydrogen-bond donors (Lipinski definition) is 3. The number of rotatable bonds is 11. The molecule has 1 aliphatic carbocycles. The summed E-state index contributed by atoms with van der Waals surface area (Å²) in [4.78, 5) is 83.8. The number of carbonyl (C=O) groups is 5. The second-order valence-electron chi connectivity index (χ2n) is 20.7. The van der Waals surface area contributed by atoms with Crippen molar-refractivity contribution in [2.75, 3.05) is 40.4 Å². The summed E-state index contributed by atoms with van der Waals surface area (Å²) in [7, 11) is 3.33. The van der Waals surface area contributed by atoms with Crippen molar-refractivity contribution in [3.8, 4) is 22.5 Å². The molecule has 68 heavy (non-hydrogen) atoms. The average molecular weight is 950 g/mol. The first-order valence-corrected chi connectivity index (χ1v) is 25.4. The molecule has 0 radical (unpaired) electrons. The molecule has 3 saturated heterocycles. The molecule has 6 bridgehead atoms. The number of amides is 4. The van der Waals surface area contributed by atoms with E-state index < -0.39 is 47.2 Å². The third-order valence-electron chi connectivity index (χ3n) is 14.7. The number of benzene rings is 1. The van der Waals surface area contributed by atoms with Crippen LogP contribution >= 0.6 is 11.3 Å². The molecule has 4 aromatic rings. The largest absolute Gasteiger partial charge is 0.464 e. The Morgan fingerprint density at radius 2 is 1.88 bits per heavy atom. The summed E-state index contributed by atoms with van der Waals surface area (Å²) in [6.07, 6.45) is 6.06. The Kier molecular flexibility index (Phi) is 13.6. The van der Waals surface area contributed by atoms with Crippen molar-refractivity contribution in [3.05, 3.63) is 58.2 Å². The smallest absolute Gasteiger partial charge is 0.324 e. The molecule has 0 spiro atoms. The zero-order valence-corrected chi connectivity index (χ0v) is 41.5. The SMILES string of the molecule is CCn1c(-c2cccnc2[C@H](C)OC)c2c3cc(ccc31)-c1csc(n1)C[C@H](NC(=O)[C@H](C(C)C)N(C)C(=O)[C@@H]1CCN(C(=O)[C@@H]3N[C@@H]3C3CC3)C1)C(=O)N1CCC[C@H](N1)C(=O)OCC(C)(C)C2. The van der Waals surface area contributed by atoms with Crippen LogP contribution in [0.5, 0.6) is 0 Å². The number of likely N-dealkylation sites (N-methyl/N-ethyl adjacent to an activating group) is 1. The van der Waals surface area contributed by atoms with Gasteiger partial charge in [-0.15, -0.1) is 11.3 Å². The van der Waals surface area contributed by atoms with E-state index in [0.29, 0.717) is 62.8 Å². The minimum Gasteiger partial charge on any atom is -0.464 e. The van der Waals surface area contributed by atoms with Crippen molar-refractivity contribution >= 4 is 51.8 Å². The highest BCUT2D eigenvalue weighted by Crippen LogP contribution is 2.43. The number of likely N-dealkylation sites (tertiary alicyclic amines) is 1. The Morgan fingerprint density at radius 3 is 2.62 bits per heavy atom. The lowest BCUT2D eigenvalue weighted by Gasteiger charge is -2.36. The fraction of sp³-hybridized carbons (Fsp3) is 0.588. The predicted octanol–water partition coefficient (Wildman–Crippen LogP) is 5.28. The topological polar surface area (TPSA) is 190 Å². The van der Waals surface area contributed by atoms with Crippen LogP contribution in [0.25, 0.3) is 33.4 Å². The summed E-state index contributed by atoms with van der Waals surface area (Å²) in [6.45, 7) is 14.1. The maximum Gasteiger partial charge on any atom is 0.324 e. The van der Waals surface area contributed by atoms with E-state index in [0.717, 1.165) is 57.5 Å². The first-order chi connectivity index (χ1) is 32.6. The van der Waals surface area contributed by atoms with Crippen molar-refractivity contribution in [3.63, 3.8) is 0 Å². The number of thiazole rings is 1. The van der Waals surface area contributed by atoms with Gasteiger partial charge in [-0.2, -0.15) is 0 Å². The van der Waals surface area contributed by atoms with Crippen molar-refractivity contribution < 1.29 is 33.4 Å². The van der Waals surface area contributed by atoms with Gasteiger partial charge in [0.25, 0.3) is 5.91 Å². The Morgan fingerprint density at radius 1 is 1.09 bits per heavy atom. The van der Waals surface area contributed by atoms with Crippen LogP contribution in [0, 0.1) is 23.2 Å². The number of ether oxygens (including phenoxy) is 2. The third-order valence-corrected chi connectivity index (χ3v) is 15.6. The van der Waals surface area contributed by atoms with E-state index in [4.69, 9.17) is 19.4 Å². The summed E-state index contributed by atoms with van der Waals surface area (Å²) < 4.78 is 14.3. The zero-order chi connectivity index (χ0) is 48.2. The molecule has 7 heterocycles. The van der Waals surface area contributed by atoms with Crippen LogP contribution in [-0.2, 0) is 52.8 Å². The number of nitrogens with zero attached hydrogens (tertiary/aromatic N) is 6. The van der Waals surface area contributed by atoms with E-state index >= 15 is 0 Å². The molecule has 9 rings (SSSR count). The van der Waals surface area contributed by atoms with Crippen LogP contribution in [0.15, 0.2) is 41.9 Å². The lowest BCUT2D eigenvalue weighted by atomic mass is 9.84. The molecule has 3 aromatic heterocycles. The molecule has 7 atom stereocenters. The van der Waals surface area contributed by atoms with Gasteiger partial charge in [-0.25, -0.2) is 10.4 Å². The molecule has 4 fully saturated rings. The number of cyclic esters (lactones) is 1. The Labute approximate surface area is 402 Å². The van der Waals surface area contributed by atoms with Gasteiger partial charge >= 0.3 is 5.97 Å². The highest BCUT2D eigenvalue weighted by Gasteiger charge is 2.53. The van der Waals surface area contributed by atoms with Gasteiger partial charge in [0, 0.05) is 91.8 Å². The number of carbonyl (C=O) groups excluding carboxylic acids is 5. The van der Waals surface area contributed by atoms with E-state index in [1.807, 2.05) is 32.2 Å². The molecule has 4 aliphatic heterocycles. The number of nitrogens with one attached hydrogen (secondary N) is 3. The number of aryl methyl sites for hydroxylation is 1. The molecule has 16 nitrogen and oxygen atoms in total. The van der Waals surface area contributed by atoms with Gasteiger partial charge in [0.2, 0.25) is 17.7 Å². The van der Waals surface area contributed by atoms with E-state index in [1.165, 1.54) is 21.2 Å². The molecule has 0 unspecified atom stereocenters. The number of esters is 1. The van der Waals surface area contributed by atoms with Crippen LogP contribution < -0.4 is 16.1 Å². The Bertz CT molecular complexity index is 2590. The van der Waals surface area contributed by atoms with Gasteiger partial charge in [0.15, 0.2) is 0 Å². The first-order valence-electron chi connectivity index (χ1n) is 24.5. The molecule has 1 saturated carbocycles. The van der Waals surface area contributed by atoms with Gasteiger partial charge in [-0.1, -0.05) is 33.8 Å². The number of hydrogen-bond acceptors (Lipinski definition) is 12. The van der Waals surface area contributed by atoms with Crippen molar-refractivity contribution in [1.29, 1.82) is 0 Å². The van der Waals surface area contributed by atoms with Crippen molar-refractivity contribution in [2.45, 2.75) is 129 Å². The van der Waals surface area contributed by atoms with Crippen LogP contribution in [0.1, 0.15) is 96.0 Å². The number of aromatic nitrogens is 3. The molecule has 3 N–H and O–H groups in total. The minimum absolute atomic E-state index is 0.0564. The van der Waals surface area contributed by atoms with Gasteiger partial charge < -0.3 is 29.2 Å². The predicted molar refractivity (Wildman–Crippen MR) is 259 cm³/mol. The van der Waals surface area contributed by atoms with Crippen LogP contribution in [0.2, 0.25) is 0 Å². The molecule has 4 amide bonds. The van der Waals surface area contributed by atoms with E-state index in [9.17, 15) is 24.0 Å². The second kappa shape index (κ2) is 19.3. The Balaban J connectivity index is 1.02. The maximum atomic E-state index is 14.7. The molecule has 1 aromatic carbocycles. The number of pyridine rings is 1. The number of methoxy groups -OCH3 is 1. The number of fused-ring (bicyclic) bond motifs is 6. The highest BCUT2D eigenvalue weighted by molar-refractivity contribution is 7.10. The zero-order valence-electron chi connectivity index (χ0n) is 40.7. The van der Waals surface area contributed by atoms with Gasteiger partial charge in [-0.3, -0.25) is 39.3 Å².